The number of carbonyl (C=O) groups excluding carboxylic acids is 1. The number of nitrogens with two attached hydrogens (primary N) is 1. The van der Waals surface area contributed by atoms with Crippen LogP contribution in [0, 0.1) is 17.2 Å². The fourth-order valence-corrected chi connectivity index (χ4v) is 4.11. The van der Waals surface area contributed by atoms with Gasteiger partial charge in [-0.3, -0.25) is 4.79 Å². The van der Waals surface area contributed by atoms with E-state index in [2.05, 4.69) is 19.9 Å². The lowest BCUT2D eigenvalue weighted by atomic mass is 9.88. The van der Waals surface area contributed by atoms with Crippen molar-refractivity contribution >= 4 is 17.7 Å². The SMILES string of the molecule is CC(C)C[C@@]1(N)C[C@@H]2SC[C@@H](C#N)N2C1=O. The summed E-state index contributed by atoms with van der Waals surface area (Å²) in [6.45, 7) is 4.14. The van der Waals surface area contributed by atoms with Gasteiger partial charge in [-0.05, 0) is 12.3 Å². The standard InChI is InChI=1S/C11H17N3OS/c1-7(2)3-11(13)4-9-14(10(11)15)8(5-12)6-16-9/h7-9H,3-4,6,13H2,1-2H3/t8-,9+,11-/m1/s1. The number of thioether (sulfide) groups is 1. The first kappa shape index (κ1) is 11.7. The lowest BCUT2D eigenvalue weighted by molar-refractivity contribution is -0.133. The van der Waals surface area contributed by atoms with E-state index in [-0.39, 0.29) is 17.3 Å². The van der Waals surface area contributed by atoms with Crippen molar-refractivity contribution in [2.24, 2.45) is 11.7 Å². The van der Waals surface area contributed by atoms with Gasteiger partial charge in [-0.15, -0.1) is 11.8 Å². The van der Waals surface area contributed by atoms with E-state index in [4.69, 9.17) is 11.0 Å². The quantitative estimate of drug-likeness (QED) is 0.778. The highest BCUT2D eigenvalue weighted by atomic mass is 32.2. The molecule has 2 heterocycles. The van der Waals surface area contributed by atoms with E-state index in [0.717, 1.165) is 5.75 Å². The van der Waals surface area contributed by atoms with Gasteiger partial charge in [0, 0.05) is 12.2 Å². The molecule has 2 rings (SSSR count). The minimum absolute atomic E-state index is 0.0252. The fourth-order valence-electron chi connectivity index (χ4n) is 2.65. The summed E-state index contributed by atoms with van der Waals surface area (Å²) in [5, 5.41) is 9.11. The summed E-state index contributed by atoms with van der Waals surface area (Å²) in [7, 11) is 0. The second-order valence-corrected chi connectivity index (χ2v) is 6.31. The highest BCUT2D eigenvalue weighted by Gasteiger charge is 2.54. The Hall–Kier alpha value is -0.730. The number of carbonyl (C=O) groups is 1. The Morgan fingerprint density at radius 1 is 1.75 bits per heavy atom. The molecule has 16 heavy (non-hydrogen) atoms. The number of hydrogen-bond donors (Lipinski definition) is 1. The maximum Gasteiger partial charge on any atom is 0.244 e. The maximum absolute atomic E-state index is 12.2. The molecule has 2 N–H and O–H groups in total. The molecular formula is C11H17N3OS. The highest BCUT2D eigenvalue weighted by Crippen LogP contribution is 2.42. The van der Waals surface area contributed by atoms with Crippen molar-refractivity contribution in [3.05, 3.63) is 0 Å². The molecule has 3 atom stereocenters. The Morgan fingerprint density at radius 3 is 3.00 bits per heavy atom. The molecule has 0 bridgehead atoms. The molecule has 2 aliphatic rings. The van der Waals surface area contributed by atoms with Crippen molar-refractivity contribution in [3.8, 4) is 6.07 Å². The lowest BCUT2D eigenvalue weighted by Gasteiger charge is -2.25. The zero-order chi connectivity index (χ0) is 11.9. The van der Waals surface area contributed by atoms with Crippen LogP contribution < -0.4 is 5.73 Å². The Balaban J connectivity index is 2.19. The minimum atomic E-state index is -0.735. The van der Waals surface area contributed by atoms with Gasteiger partial charge in [0.2, 0.25) is 5.91 Å². The highest BCUT2D eigenvalue weighted by molar-refractivity contribution is 8.00. The van der Waals surface area contributed by atoms with Crippen LogP contribution in [0.3, 0.4) is 0 Å². The largest absolute Gasteiger partial charge is 0.317 e. The molecule has 0 spiro atoms. The van der Waals surface area contributed by atoms with E-state index in [0.29, 0.717) is 18.8 Å². The average Bonchev–Trinajstić information content (AvgIpc) is 2.66. The van der Waals surface area contributed by atoms with Gasteiger partial charge >= 0.3 is 0 Å². The monoisotopic (exact) mass is 239 g/mol. The molecule has 88 valence electrons. The third kappa shape index (κ3) is 1.70. The zero-order valence-corrected chi connectivity index (χ0v) is 10.5. The zero-order valence-electron chi connectivity index (χ0n) is 9.64. The summed E-state index contributed by atoms with van der Waals surface area (Å²) in [4.78, 5) is 14.0. The summed E-state index contributed by atoms with van der Waals surface area (Å²) in [6.07, 6.45) is 1.39. The summed E-state index contributed by atoms with van der Waals surface area (Å²) < 4.78 is 0. The number of nitriles is 1. The predicted molar refractivity (Wildman–Crippen MR) is 63.5 cm³/mol. The smallest absolute Gasteiger partial charge is 0.244 e. The van der Waals surface area contributed by atoms with Crippen LogP contribution in [0.2, 0.25) is 0 Å². The summed E-state index contributed by atoms with van der Waals surface area (Å²) >= 11 is 1.68. The molecule has 0 aromatic rings. The summed E-state index contributed by atoms with van der Waals surface area (Å²) in [6, 6.07) is 1.91. The Morgan fingerprint density at radius 2 is 2.44 bits per heavy atom. The van der Waals surface area contributed by atoms with Crippen LogP contribution in [0.25, 0.3) is 0 Å². The van der Waals surface area contributed by atoms with Gasteiger partial charge in [0.1, 0.15) is 6.04 Å². The molecule has 2 fully saturated rings. The third-order valence-corrected chi connectivity index (χ3v) is 4.50. The van der Waals surface area contributed by atoms with Crippen LogP contribution in [-0.2, 0) is 4.79 Å². The van der Waals surface area contributed by atoms with Crippen LogP contribution in [0.15, 0.2) is 0 Å². The van der Waals surface area contributed by atoms with E-state index in [1.165, 1.54) is 0 Å². The Kier molecular flexibility index (Phi) is 2.89. The lowest BCUT2D eigenvalue weighted by Crippen LogP contribution is -2.50. The minimum Gasteiger partial charge on any atom is -0.317 e. The first-order chi connectivity index (χ1) is 7.48. The van der Waals surface area contributed by atoms with Crippen molar-refractivity contribution in [3.63, 3.8) is 0 Å². The van der Waals surface area contributed by atoms with Gasteiger partial charge in [-0.2, -0.15) is 5.26 Å². The molecule has 0 radical (unpaired) electrons. The van der Waals surface area contributed by atoms with E-state index < -0.39 is 5.54 Å². The van der Waals surface area contributed by atoms with Crippen LogP contribution in [0.1, 0.15) is 26.7 Å². The molecule has 5 heteroatoms. The van der Waals surface area contributed by atoms with Crippen molar-refractivity contribution in [2.45, 2.75) is 43.6 Å². The van der Waals surface area contributed by atoms with Gasteiger partial charge in [0.05, 0.1) is 17.0 Å². The molecule has 0 unspecified atom stereocenters. The van der Waals surface area contributed by atoms with Crippen molar-refractivity contribution < 1.29 is 4.79 Å². The Labute approximate surface area is 100 Å². The second-order valence-electron chi connectivity index (χ2n) is 5.10. The third-order valence-electron chi connectivity index (χ3n) is 3.21. The average molecular weight is 239 g/mol. The van der Waals surface area contributed by atoms with E-state index >= 15 is 0 Å². The molecule has 1 amide bonds. The number of fused-ring (bicyclic) bond motifs is 1. The number of amides is 1. The molecule has 4 nitrogen and oxygen atoms in total. The van der Waals surface area contributed by atoms with Crippen LogP contribution in [0.5, 0.6) is 0 Å². The summed E-state index contributed by atoms with van der Waals surface area (Å²) in [5.74, 6) is 1.10. The van der Waals surface area contributed by atoms with E-state index in [9.17, 15) is 4.79 Å². The molecule has 2 saturated heterocycles. The van der Waals surface area contributed by atoms with Crippen molar-refractivity contribution in [1.29, 1.82) is 5.26 Å². The predicted octanol–water partition coefficient (Wildman–Crippen LogP) is 0.927. The molecule has 0 aromatic heterocycles. The molecule has 0 saturated carbocycles. The topological polar surface area (TPSA) is 70.1 Å². The van der Waals surface area contributed by atoms with Gasteiger partial charge < -0.3 is 10.6 Å². The molecule has 0 aromatic carbocycles. The first-order valence-corrected chi connectivity index (χ1v) is 6.65. The van der Waals surface area contributed by atoms with Crippen LogP contribution in [-0.4, -0.2) is 33.5 Å². The van der Waals surface area contributed by atoms with Crippen molar-refractivity contribution in [1.82, 2.24) is 4.90 Å². The van der Waals surface area contributed by atoms with Crippen molar-refractivity contribution in [2.75, 3.05) is 5.75 Å². The second kappa shape index (κ2) is 3.94. The first-order valence-electron chi connectivity index (χ1n) is 5.61. The van der Waals surface area contributed by atoms with Gasteiger partial charge in [-0.25, -0.2) is 0 Å². The van der Waals surface area contributed by atoms with Crippen LogP contribution in [0.4, 0.5) is 0 Å². The van der Waals surface area contributed by atoms with E-state index in [1.807, 2.05) is 0 Å². The normalized spacial score (nSPS) is 37.9. The molecule has 2 aliphatic heterocycles. The maximum atomic E-state index is 12.2. The van der Waals surface area contributed by atoms with Gasteiger partial charge in [0.15, 0.2) is 0 Å². The summed E-state index contributed by atoms with van der Waals surface area (Å²) in [5.41, 5.74) is 5.46. The van der Waals surface area contributed by atoms with Gasteiger partial charge in [0.25, 0.3) is 0 Å². The van der Waals surface area contributed by atoms with E-state index in [1.54, 1.807) is 16.7 Å². The van der Waals surface area contributed by atoms with Gasteiger partial charge in [-0.1, -0.05) is 13.8 Å². The fraction of sp³-hybridized carbons (Fsp3) is 0.818. The number of nitrogens with zero attached hydrogens (tertiary/aromatic N) is 2. The van der Waals surface area contributed by atoms with Crippen LogP contribution >= 0.6 is 11.8 Å². The molecule has 0 aliphatic carbocycles. The number of hydrogen-bond acceptors (Lipinski definition) is 4. The molecular weight excluding hydrogens is 222 g/mol. The Bertz CT molecular complexity index is 352. The number of rotatable bonds is 2.